The van der Waals surface area contributed by atoms with Gasteiger partial charge in [0, 0.05) is 11.8 Å². The zero-order chi connectivity index (χ0) is 24.9. The van der Waals surface area contributed by atoms with E-state index in [1.54, 1.807) is 30.3 Å². The van der Waals surface area contributed by atoms with Crippen LogP contribution in [0.4, 0.5) is 11.4 Å². The highest BCUT2D eigenvalue weighted by Crippen LogP contribution is 2.36. The van der Waals surface area contributed by atoms with Gasteiger partial charge in [0.05, 0.1) is 31.9 Å². The molecular weight excluding hydrogens is 456 g/mol. The van der Waals surface area contributed by atoms with Crippen molar-refractivity contribution in [3.05, 3.63) is 71.8 Å². The molecule has 0 unspecified atom stereocenters. The summed E-state index contributed by atoms with van der Waals surface area (Å²) in [6.45, 7) is 3.22. The summed E-state index contributed by atoms with van der Waals surface area (Å²) in [7, 11) is 0.132. The normalized spacial score (nSPS) is 11.0. The van der Waals surface area contributed by atoms with Gasteiger partial charge in [0.1, 0.15) is 12.3 Å². The second kappa shape index (κ2) is 10.5. The summed E-state index contributed by atoms with van der Waals surface area (Å²) in [5.74, 6) is 0.461. The second-order valence-electron chi connectivity index (χ2n) is 7.57. The smallest absolute Gasteiger partial charge is 0.265 e. The Morgan fingerprint density at radius 3 is 2.15 bits per heavy atom. The van der Waals surface area contributed by atoms with Gasteiger partial charge in [-0.3, -0.25) is 9.10 Å². The lowest BCUT2D eigenvalue weighted by Gasteiger charge is -2.26. The van der Waals surface area contributed by atoms with E-state index in [1.165, 1.54) is 39.5 Å². The highest BCUT2D eigenvalue weighted by atomic mass is 32.2. The van der Waals surface area contributed by atoms with Crippen LogP contribution in [0.5, 0.6) is 17.2 Å². The van der Waals surface area contributed by atoms with Gasteiger partial charge in [-0.2, -0.15) is 0 Å². The van der Waals surface area contributed by atoms with E-state index in [1.807, 2.05) is 26.0 Å². The fraction of sp³-hybridized carbons (Fsp3) is 0.240. The van der Waals surface area contributed by atoms with Gasteiger partial charge >= 0.3 is 0 Å². The van der Waals surface area contributed by atoms with Crippen LogP contribution in [0, 0.1) is 13.8 Å². The summed E-state index contributed by atoms with van der Waals surface area (Å²) in [6.07, 6.45) is 0. The monoisotopic (exact) mass is 484 g/mol. The van der Waals surface area contributed by atoms with Gasteiger partial charge in [0.2, 0.25) is 5.91 Å². The van der Waals surface area contributed by atoms with Gasteiger partial charge in [-0.25, -0.2) is 8.42 Å². The molecule has 8 nitrogen and oxygen atoms in total. The Morgan fingerprint density at radius 1 is 0.853 bits per heavy atom. The SMILES string of the molecule is COc1ccc(S(=O)(=O)N(CC(=O)Nc2ccccc2C)c2cc(C)ccc2OC)cc1OC. The molecule has 0 aliphatic heterocycles. The Hall–Kier alpha value is -3.72. The van der Waals surface area contributed by atoms with Crippen molar-refractivity contribution in [1.82, 2.24) is 0 Å². The number of ether oxygens (including phenoxy) is 3. The standard InChI is InChI=1S/C25H28N2O6S/c1-17-10-12-22(31-3)21(14-17)27(16-25(28)26-20-9-7-6-8-18(20)2)34(29,30)19-11-13-23(32-4)24(15-19)33-5/h6-15H,16H2,1-5H3,(H,26,28). The first-order chi connectivity index (χ1) is 16.2. The van der Waals surface area contributed by atoms with E-state index in [9.17, 15) is 13.2 Å². The molecule has 0 saturated carbocycles. The number of sulfonamides is 1. The number of rotatable bonds is 9. The van der Waals surface area contributed by atoms with E-state index in [-0.39, 0.29) is 16.3 Å². The number of carbonyl (C=O) groups excluding carboxylic acids is 1. The van der Waals surface area contributed by atoms with E-state index in [0.29, 0.717) is 17.2 Å². The van der Waals surface area contributed by atoms with Crippen molar-refractivity contribution >= 4 is 27.3 Å². The number of hydrogen-bond acceptors (Lipinski definition) is 6. The molecule has 0 saturated heterocycles. The van der Waals surface area contributed by atoms with Crippen LogP contribution in [0.15, 0.2) is 65.6 Å². The predicted octanol–water partition coefficient (Wildman–Crippen LogP) is 4.16. The molecule has 0 heterocycles. The van der Waals surface area contributed by atoms with Crippen LogP contribution >= 0.6 is 0 Å². The largest absolute Gasteiger partial charge is 0.495 e. The summed E-state index contributed by atoms with van der Waals surface area (Å²) >= 11 is 0. The molecule has 3 rings (SSSR count). The maximum Gasteiger partial charge on any atom is 0.265 e. The van der Waals surface area contributed by atoms with E-state index >= 15 is 0 Å². The quantitative estimate of drug-likeness (QED) is 0.490. The highest BCUT2D eigenvalue weighted by Gasteiger charge is 2.30. The van der Waals surface area contributed by atoms with Crippen LogP contribution in [0.25, 0.3) is 0 Å². The number of amides is 1. The molecule has 34 heavy (non-hydrogen) atoms. The number of carbonyl (C=O) groups is 1. The first-order valence-corrected chi connectivity index (χ1v) is 11.9. The topological polar surface area (TPSA) is 94.2 Å². The molecule has 0 aromatic heterocycles. The molecule has 0 fully saturated rings. The minimum Gasteiger partial charge on any atom is -0.495 e. The van der Waals surface area contributed by atoms with Crippen LogP contribution < -0.4 is 23.8 Å². The molecule has 0 spiro atoms. The van der Waals surface area contributed by atoms with Crippen molar-refractivity contribution in [3.8, 4) is 17.2 Å². The average molecular weight is 485 g/mol. The lowest BCUT2D eigenvalue weighted by atomic mass is 10.2. The van der Waals surface area contributed by atoms with Gasteiger partial charge in [-0.05, 0) is 55.3 Å². The first-order valence-electron chi connectivity index (χ1n) is 10.5. The van der Waals surface area contributed by atoms with Crippen molar-refractivity contribution in [3.63, 3.8) is 0 Å². The van der Waals surface area contributed by atoms with E-state index in [4.69, 9.17) is 14.2 Å². The summed E-state index contributed by atoms with van der Waals surface area (Å²) in [4.78, 5) is 13.0. The molecule has 1 amide bonds. The Labute approximate surface area is 200 Å². The highest BCUT2D eigenvalue weighted by molar-refractivity contribution is 7.92. The van der Waals surface area contributed by atoms with E-state index in [2.05, 4.69) is 5.32 Å². The lowest BCUT2D eigenvalue weighted by Crippen LogP contribution is -2.38. The molecule has 0 bridgehead atoms. The summed E-state index contributed by atoms with van der Waals surface area (Å²) < 4.78 is 44.6. The minimum atomic E-state index is -4.20. The van der Waals surface area contributed by atoms with Gasteiger partial charge in [-0.1, -0.05) is 24.3 Å². The van der Waals surface area contributed by atoms with Crippen LogP contribution in [0.2, 0.25) is 0 Å². The Balaban J connectivity index is 2.09. The molecular formula is C25H28N2O6S. The van der Waals surface area contributed by atoms with Crippen molar-refractivity contribution in [1.29, 1.82) is 0 Å². The predicted molar refractivity (Wildman–Crippen MR) is 132 cm³/mol. The zero-order valence-electron chi connectivity index (χ0n) is 19.8. The third kappa shape index (κ3) is 5.26. The number of nitrogens with zero attached hydrogens (tertiary/aromatic N) is 1. The van der Waals surface area contributed by atoms with Gasteiger partial charge < -0.3 is 19.5 Å². The Bertz CT molecular complexity index is 1290. The third-order valence-corrected chi connectivity index (χ3v) is 7.01. The average Bonchev–Trinajstić information content (AvgIpc) is 2.83. The van der Waals surface area contributed by atoms with Crippen LogP contribution in [-0.2, 0) is 14.8 Å². The molecule has 3 aromatic carbocycles. The van der Waals surface area contributed by atoms with Crippen molar-refractivity contribution in [2.45, 2.75) is 18.7 Å². The summed E-state index contributed by atoms with van der Waals surface area (Å²) in [5.41, 5.74) is 2.52. The molecule has 0 aliphatic carbocycles. The number of para-hydroxylation sites is 1. The fourth-order valence-electron chi connectivity index (χ4n) is 3.43. The molecule has 180 valence electrons. The molecule has 9 heteroatoms. The fourth-order valence-corrected chi connectivity index (χ4v) is 4.87. The lowest BCUT2D eigenvalue weighted by molar-refractivity contribution is -0.114. The third-order valence-electron chi connectivity index (χ3n) is 5.25. The molecule has 3 aromatic rings. The van der Waals surface area contributed by atoms with Crippen molar-refractivity contribution in [2.24, 2.45) is 0 Å². The maximum absolute atomic E-state index is 13.8. The second-order valence-corrected chi connectivity index (χ2v) is 9.43. The summed E-state index contributed by atoms with van der Waals surface area (Å²) in [5, 5.41) is 2.80. The molecule has 0 radical (unpaired) electrons. The summed E-state index contributed by atoms with van der Waals surface area (Å²) in [6, 6.07) is 16.7. The first kappa shape index (κ1) is 24.9. The van der Waals surface area contributed by atoms with Crippen molar-refractivity contribution in [2.75, 3.05) is 37.5 Å². The van der Waals surface area contributed by atoms with E-state index < -0.39 is 22.5 Å². The van der Waals surface area contributed by atoms with Crippen LogP contribution in [-0.4, -0.2) is 42.2 Å². The number of benzene rings is 3. The van der Waals surface area contributed by atoms with Gasteiger partial charge in [0.15, 0.2) is 11.5 Å². The molecule has 0 atom stereocenters. The van der Waals surface area contributed by atoms with Crippen LogP contribution in [0.3, 0.4) is 0 Å². The Morgan fingerprint density at radius 2 is 1.50 bits per heavy atom. The number of nitrogens with one attached hydrogen (secondary N) is 1. The zero-order valence-corrected chi connectivity index (χ0v) is 20.6. The Kier molecular flexibility index (Phi) is 7.68. The number of methoxy groups -OCH3 is 3. The van der Waals surface area contributed by atoms with E-state index in [0.717, 1.165) is 15.4 Å². The number of aryl methyl sites for hydroxylation is 2. The molecule has 1 N–H and O–H groups in total. The number of hydrogen-bond donors (Lipinski definition) is 1. The maximum atomic E-state index is 13.8. The minimum absolute atomic E-state index is 0.0580. The van der Waals surface area contributed by atoms with Crippen molar-refractivity contribution < 1.29 is 27.4 Å². The number of anilines is 2. The molecule has 0 aliphatic rings. The van der Waals surface area contributed by atoms with Crippen LogP contribution in [0.1, 0.15) is 11.1 Å². The van der Waals surface area contributed by atoms with Gasteiger partial charge in [0.25, 0.3) is 10.0 Å². The van der Waals surface area contributed by atoms with Gasteiger partial charge in [-0.15, -0.1) is 0 Å².